The Morgan fingerprint density at radius 3 is 1.18 bits per heavy atom. The minimum Gasteiger partial charge on any atom is -0.197 e. The van der Waals surface area contributed by atoms with Crippen molar-refractivity contribution in [3.8, 4) is 0 Å². The highest BCUT2D eigenvalue weighted by molar-refractivity contribution is 8.21. The first-order valence-electron chi connectivity index (χ1n) is 2.83. The number of rotatable bonds is 1. The molecular formula is C7H7ClF2S. The molecule has 11 heavy (non-hydrogen) atoms. The third-order valence-electron chi connectivity index (χ3n) is 0.734. The quantitative estimate of drug-likeness (QED) is 0.659. The number of hydrogen-bond donors (Lipinski definition) is 0. The van der Waals surface area contributed by atoms with Gasteiger partial charge in [0.25, 0.3) is 5.76 Å². The summed E-state index contributed by atoms with van der Waals surface area (Å²) in [5.74, 6) is -2.43. The molecule has 0 N–H and O–H groups in total. The molecule has 0 radical (unpaired) electrons. The van der Waals surface area contributed by atoms with E-state index in [1.54, 1.807) is 0 Å². The summed E-state index contributed by atoms with van der Waals surface area (Å²) in [7, 11) is 4.52. The predicted octanol–water partition coefficient (Wildman–Crippen LogP) is 3.78. The van der Waals surface area contributed by atoms with Crippen LogP contribution in [0.3, 0.4) is 0 Å². The van der Waals surface area contributed by atoms with Gasteiger partial charge in [-0.3, -0.25) is 0 Å². The fraction of sp³-hybridized carbons (Fsp3) is 0.143. The second-order valence-corrected chi connectivity index (χ2v) is 2.57. The second kappa shape index (κ2) is 7.82. The van der Waals surface area contributed by atoms with Crippen LogP contribution in [0.5, 0.6) is 0 Å². The Labute approximate surface area is 73.1 Å². The molecule has 1 rings (SSSR count). The zero-order valence-electron chi connectivity index (χ0n) is 5.58. The van der Waals surface area contributed by atoms with Gasteiger partial charge in [0, 0.05) is 11.0 Å². The largest absolute Gasteiger partial charge is 0.298 e. The summed E-state index contributed by atoms with van der Waals surface area (Å²) >= 11 is 0. The Bertz CT molecular complexity index is 131. The lowest BCUT2D eigenvalue weighted by atomic mass is 10.4. The molecule has 0 aromatic heterocycles. The van der Waals surface area contributed by atoms with E-state index in [9.17, 15) is 8.78 Å². The highest BCUT2D eigenvalue weighted by atomic mass is 35.7. The van der Waals surface area contributed by atoms with Gasteiger partial charge in [-0.2, -0.15) is 8.78 Å². The van der Waals surface area contributed by atoms with E-state index in [1.165, 1.54) is 0 Å². The van der Waals surface area contributed by atoms with E-state index in [0.29, 0.717) is 0 Å². The SMILES string of the molecule is FC(F)SCl.c1ccccc1. The van der Waals surface area contributed by atoms with Crippen molar-refractivity contribution >= 4 is 21.7 Å². The summed E-state index contributed by atoms with van der Waals surface area (Å²) in [6.07, 6.45) is 0. The third kappa shape index (κ3) is 9.72. The monoisotopic (exact) mass is 196 g/mol. The lowest BCUT2D eigenvalue weighted by Gasteiger charge is -1.78. The maximum atomic E-state index is 10.6. The summed E-state index contributed by atoms with van der Waals surface area (Å²) in [4.78, 5) is 0. The van der Waals surface area contributed by atoms with E-state index in [4.69, 9.17) is 0 Å². The molecule has 0 aliphatic heterocycles. The molecule has 1 aromatic carbocycles. The molecule has 4 heteroatoms. The van der Waals surface area contributed by atoms with Gasteiger partial charge in [0.2, 0.25) is 0 Å². The van der Waals surface area contributed by atoms with E-state index in [2.05, 4.69) is 10.7 Å². The molecule has 0 fully saturated rings. The van der Waals surface area contributed by atoms with E-state index < -0.39 is 5.76 Å². The summed E-state index contributed by atoms with van der Waals surface area (Å²) in [5, 5.41) is 0. The van der Waals surface area contributed by atoms with Gasteiger partial charge < -0.3 is 0 Å². The van der Waals surface area contributed by atoms with Crippen molar-refractivity contribution in [1.82, 2.24) is 0 Å². The van der Waals surface area contributed by atoms with Crippen LogP contribution in [0.4, 0.5) is 8.78 Å². The van der Waals surface area contributed by atoms with Crippen LogP contribution < -0.4 is 0 Å². The molecule has 0 saturated heterocycles. The highest BCUT2D eigenvalue weighted by Gasteiger charge is 1.94. The van der Waals surface area contributed by atoms with E-state index >= 15 is 0 Å². The molecule has 0 aliphatic rings. The molecule has 0 heterocycles. The molecule has 0 unspecified atom stereocenters. The standard InChI is InChI=1S/C6H6.CHClF2S/c1-2-4-6-5-3-1;2-5-1(3)4/h1-6H;1H. The third-order valence-corrected chi connectivity index (χ3v) is 1.27. The van der Waals surface area contributed by atoms with Crippen LogP contribution in [0.25, 0.3) is 0 Å². The minimum absolute atomic E-state index is 0.0185. The van der Waals surface area contributed by atoms with Crippen LogP contribution in [-0.2, 0) is 0 Å². The summed E-state index contributed by atoms with van der Waals surface area (Å²) in [5.41, 5.74) is 0. The molecule has 0 atom stereocenters. The van der Waals surface area contributed by atoms with Crippen LogP contribution in [0.15, 0.2) is 36.4 Å². The Balaban J connectivity index is 0.000000187. The van der Waals surface area contributed by atoms with Crippen LogP contribution in [0.2, 0.25) is 0 Å². The Morgan fingerprint density at radius 2 is 1.09 bits per heavy atom. The maximum absolute atomic E-state index is 10.6. The number of hydrogen-bond acceptors (Lipinski definition) is 1. The maximum Gasteiger partial charge on any atom is 0.298 e. The lowest BCUT2D eigenvalue weighted by molar-refractivity contribution is 0.254. The van der Waals surface area contributed by atoms with Crippen LogP contribution >= 0.6 is 21.7 Å². The summed E-state index contributed by atoms with van der Waals surface area (Å²) < 4.78 is 21.2. The van der Waals surface area contributed by atoms with Gasteiger partial charge in [-0.05, 0) is 10.7 Å². The lowest BCUT2D eigenvalue weighted by Crippen LogP contribution is -1.68. The first-order chi connectivity index (χ1) is 5.27. The number of halogens is 3. The van der Waals surface area contributed by atoms with Crippen LogP contribution in [-0.4, -0.2) is 5.76 Å². The molecule has 0 amide bonds. The average molecular weight is 197 g/mol. The van der Waals surface area contributed by atoms with Crippen molar-refractivity contribution in [2.45, 2.75) is 5.76 Å². The Morgan fingerprint density at radius 1 is 0.909 bits per heavy atom. The topological polar surface area (TPSA) is 0 Å². The van der Waals surface area contributed by atoms with Gasteiger partial charge in [-0.1, -0.05) is 36.4 Å². The summed E-state index contributed by atoms with van der Waals surface area (Å²) in [6, 6.07) is 12.0. The summed E-state index contributed by atoms with van der Waals surface area (Å²) in [6.45, 7) is 0. The Hall–Kier alpha value is -0.280. The molecular weight excluding hydrogens is 190 g/mol. The van der Waals surface area contributed by atoms with Gasteiger partial charge in [-0.25, -0.2) is 0 Å². The van der Waals surface area contributed by atoms with E-state index in [0.717, 1.165) is 0 Å². The molecule has 0 saturated carbocycles. The average Bonchev–Trinajstić information content (AvgIpc) is 2.09. The van der Waals surface area contributed by atoms with Crippen molar-refractivity contribution in [3.63, 3.8) is 0 Å². The zero-order chi connectivity index (χ0) is 8.53. The molecule has 0 bridgehead atoms. The molecule has 0 spiro atoms. The van der Waals surface area contributed by atoms with Crippen molar-refractivity contribution in [2.75, 3.05) is 0 Å². The molecule has 1 aromatic rings. The van der Waals surface area contributed by atoms with Gasteiger partial charge in [0.1, 0.15) is 0 Å². The highest BCUT2D eigenvalue weighted by Crippen LogP contribution is 2.16. The molecule has 0 aliphatic carbocycles. The number of benzene rings is 1. The van der Waals surface area contributed by atoms with Crippen molar-refractivity contribution < 1.29 is 8.78 Å². The predicted molar refractivity (Wildman–Crippen MR) is 45.9 cm³/mol. The van der Waals surface area contributed by atoms with Crippen molar-refractivity contribution in [3.05, 3.63) is 36.4 Å². The molecule has 0 nitrogen and oxygen atoms in total. The van der Waals surface area contributed by atoms with Gasteiger partial charge in [0.05, 0.1) is 0 Å². The normalized spacial score (nSPS) is 8.73. The zero-order valence-corrected chi connectivity index (χ0v) is 7.16. The fourth-order valence-electron chi connectivity index (χ4n) is 0.385. The van der Waals surface area contributed by atoms with E-state index in [1.807, 2.05) is 36.4 Å². The second-order valence-electron chi connectivity index (χ2n) is 1.50. The minimum atomic E-state index is -2.43. The van der Waals surface area contributed by atoms with Crippen LogP contribution in [0, 0.1) is 0 Å². The van der Waals surface area contributed by atoms with Crippen molar-refractivity contribution in [2.24, 2.45) is 0 Å². The van der Waals surface area contributed by atoms with Crippen LogP contribution in [0.1, 0.15) is 0 Å². The van der Waals surface area contributed by atoms with Gasteiger partial charge >= 0.3 is 0 Å². The first-order valence-corrected chi connectivity index (χ1v) is 4.53. The van der Waals surface area contributed by atoms with Gasteiger partial charge in [-0.15, -0.1) is 0 Å². The van der Waals surface area contributed by atoms with E-state index in [-0.39, 0.29) is 11.0 Å². The number of alkyl halides is 2. The van der Waals surface area contributed by atoms with Crippen molar-refractivity contribution in [1.29, 1.82) is 0 Å². The first kappa shape index (κ1) is 10.7. The van der Waals surface area contributed by atoms with Gasteiger partial charge in [0.15, 0.2) is 0 Å². The molecule has 62 valence electrons. The fourth-order valence-corrected chi connectivity index (χ4v) is 0.385. The smallest absolute Gasteiger partial charge is 0.197 e. The Kier molecular flexibility index (Phi) is 7.62.